The number of esters is 1. The van der Waals surface area contributed by atoms with E-state index in [4.69, 9.17) is 4.74 Å². The van der Waals surface area contributed by atoms with Gasteiger partial charge in [-0.1, -0.05) is 25.1 Å². The van der Waals surface area contributed by atoms with E-state index >= 15 is 0 Å². The molecule has 0 spiro atoms. The highest BCUT2D eigenvalue weighted by atomic mass is 16.5. The molecule has 1 heterocycles. The highest BCUT2D eigenvalue weighted by molar-refractivity contribution is 6.01. The standard InChI is InChI=1S/C21H29N5O4/c1-5-11-26(13-18(27)23-17-10-8-7-9-15(17)3)14-19(28)24-20-16(12-22-25(20)4)21(29)30-6-2/h7-10,12H,5-6,11,13-14H2,1-4H3,(H,23,27)(H,24,28). The Morgan fingerprint density at radius 1 is 1.10 bits per heavy atom. The van der Waals surface area contributed by atoms with E-state index in [1.807, 2.05) is 38.1 Å². The normalized spacial score (nSPS) is 10.7. The van der Waals surface area contributed by atoms with Gasteiger partial charge < -0.3 is 15.4 Å². The molecule has 0 saturated carbocycles. The molecule has 0 aliphatic heterocycles. The van der Waals surface area contributed by atoms with Crippen LogP contribution in [0.5, 0.6) is 0 Å². The number of para-hydroxylation sites is 1. The van der Waals surface area contributed by atoms with Crippen molar-refractivity contribution in [1.29, 1.82) is 0 Å². The van der Waals surface area contributed by atoms with Crippen molar-refractivity contribution < 1.29 is 19.1 Å². The van der Waals surface area contributed by atoms with Gasteiger partial charge in [-0.05, 0) is 38.4 Å². The van der Waals surface area contributed by atoms with Crippen LogP contribution in [0.4, 0.5) is 11.5 Å². The minimum absolute atomic E-state index is 0.00246. The highest BCUT2D eigenvalue weighted by Crippen LogP contribution is 2.16. The third-order valence-electron chi connectivity index (χ3n) is 4.39. The van der Waals surface area contributed by atoms with Crippen LogP contribution in [0.15, 0.2) is 30.5 Å². The summed E-state index contributed by atoms with van der Waals surface area (Å²) < 4.78 is 6.40. The van der Waals surface area contributed by atoms with Gasteiger partial charge in [-0.3, -0.25) is 19.2 Å². The summed E-state index contributed by atoms with van der Waals surface area (Å²) in [6, 6.07) is 7.52. The van der Waals surface area contributed by atoms with Crippen LogP contribution in [0.25, 0.3) is 0 Å². The Morgan fingerprint density at radius 2 is 1.77 bits per heavy atom. The summed E-state index contributed by atoms with van der Waals surface area (Å²) in [5, 5.41) is 9.60. The van der Waals surface area contributed by atoms with Crippen LogP contribution in [-0.2, 0) is 21.4 Å². The summed E-state index contributed by atoms with van der Waals surface area (Å²) in [6.07, 6.45) is 2.14. The van der Waals surface area contributed by atoms with Crippen molar-refractivity contribution in [2.45, 2.75) is 27.2 Å². The molecule has 9 heteroatoms. The number of amides is 2. The van der Waals surface area contributed by atoms with Gasteiger partial charge in [-0.15, -0.1) is 0 Å². The van der Waals surface area contributed by atoms with Gasteiger partial charge in [0.15, 0.2) is 0 Å². The molecule has 0 unspecified atom stereocenters. The molecule has 0 aliphatic carbocycles. The first-order valence-corrected chi connectivity index (χ1v) is 9.92. The van der Waals surface area contributed by atoms with E-state index in [9.17, 15) is 14.4 Å². The van der Waals surface area contributed by atoms with Gasteiger partial charge in [-0.2, -0.15) is 5.10 Å². The highest BCUT2D eigenvalue weighted by Gasteiger charge is 2.21. The zero-order valence-electron chi connectivity index (χ0n) is 17.9. The lowest BCUT2D eigenvalue weighted by Gasteiger charge is -2.21. The fourth-order valence-corrected chi connectivity index (χ4v) is 2.95. The SMILES string of the molecule is CCCN(CC(=O)Nc1ccccc1C)CC(=O)Nc1c(C(=O)OCC)cnn1C. The third-order valence-corrected chi connectivity index (χ3v) is 4.39. The summed E-state index contributed by atoms with van der Waals surface area (Å²) in [7, 11) is 1.62. The van der Waals surface area contributed by atoms with Gasteiger partial charge in [0.25, 0.3) is 0 Å². The second kappa shape index (κ2) is 11.1. The number of hydrogen-bond donors (Lipinski definition) is 2. The Balaban J connectivity index is 2.00. The number of ether oxygens (including phenoxy) is 1. The average molecular weight is 415 g/mol. The van der Waals surface area contributed by atoms with Gasteiger partial charge in [0.2, 0.25) is 11.8 Å². The molecule has 0 fully saturated rings. The first-order valence-electron chi connectivity index (χ1n) is 9.92. The second-order valence-corrected chi connectivity index (χ2v) is 6.87. The van der Waals surface area contributed by atoms with Crippen LogP contribution in [0, 0.1) is 6.92 Å². The Hall–Kier alpha value is -3.20. The fraction of sp³-hybridized carbons (Fsp3) is 0.429. The molecule has 9 nitrogen and oxygen atoms in total. The van der Waals surface area contributed by atoms with Crippen LogP contribution >= 0.6 is 0 Å². The number of hydrogen-bond acceptors (Lipinski definition) is 6. The Labute approximate surface area is 176 Å². The number of aryl methyl sites for hydroxylation is 2. The fourth-order valence-electron chi connectivity index (χ4n) is 2.95. The molecule has 0 aliphatic rings. The number of nitrogens with one attached hydrogen (secondary N) is 2. The first kappa shape index (κ1) is 23.1. The molecule has 0 saturated heterocycles. The lowest BCUT2D eigenvalue weighted by molar-refractivity contribution is -0.120. The molecule has 0 atom stereocenters. The van der Waals surface area contributed by atoms with Gasteiger partial charge in [0.05, 0.1) is 25.9 Å². The molecule has 1 aromatic heterocycles. The molecule has 162 valence electrons. The Kier molecular flexibility index (Phi) is 8.54. The largest absolute Gasteiger partial charge is 0.462 e. The van der Waals surface area contributed by atoms with Crippen molar-refractivity contribution in [2.75, 3.05) is 36.9 Å². The second-order valence-electron chi connectivity index (χ2n) is 6.87. The van der Waals surface area contributed by atoms with Crippen LogP contribution in [-0.4, -0.2) is 58.7 Å². The van der Waals surface area contributed by atoms with E-state index in [0.29, 0.717) is 6.54 Å². The van der Waals surface area contributed by atoms with Gasteiger partial charge in [-0.25, -0.2) is 4.79 Å². The molecular weight excluding hydrogens is 386 g/mol. The minimum Gasteiger partial charge on any atom is -0.462 e. The minimum atomic E-state index is -0.552. The van der Waals surface area contributed by atoms with Crippen molar-refractivity contribution >= 4 is 29.3 Å². The lowest BCUT2D eigenvalue weighted by Crippen LogP contribution is -2.39. The van der Waals surface area contributed by atoms with Gasteiger partial charge in [0.1, 0.15) is 11.4 Å². The van der Waals surface area contributed by atoms with Crippen molar-refractivity contribution in [1.82, 2.24) is 14.7 Å². The molecule has 0 radical (unpaired) electrons. The first-order chi connectivity index (χ1) is 14.3. The number of nitrogens with zero attached hydrogens (tertiary/aromatic N) is 3. The Morgan fingerprint density at radius 3 is 2.40 bits per heavy atom. The molecule has 1 aromatic carbocycles. The number of carbonyl (C=O) groups excluding carboxylic acids is 3. The van der Waals surface area contributed by atoms with E-state index in [1.165, 1.54) is 10.9 Å². The third kappa shape index (κ3) is 6.41. The quantitative estimate of drug-likeness (QED) is 0.576. The number of aromatic nitrogens is 2. The summed E-state index contributed by atoms with van der Waals surface area (Å²) in [5.74, 6) is -0.831. The number of anilines is 2. The molecule has 2 amide bonds. The molecule has 2 aromatic rings. The number of benzene rings is 1. The summed E-state index contributed by atoms with van der Waals surface area (Å²) >= 11 is 0. The van der Waals surface area contributed by atoms with Crippen LogP contribution in [0.2, 0.25) is 0 Å². The van der Waals surface area contributed by atoms with Crippen molar-refractivity contribution in [3.8, 4) is 0 Å². The monoisotopic (exact) mass is 415 g/mol. The van der Waals surface area contributed by atoms with Gasteiger partial charge >= 0.3 is 5.97 Å². The van der Waals surface area contributed by atoms with E-state index < -0.39 is 5.97 Å². The maximum Gasteiger partial charge on any atom is 0.343 e. The van der Waals surface area contributed by atoms with Crippen molar-refractivity contribution in [3.63, 3.8) is 0 Å². The van der Waals surface area contributed by atoms with E-state index in [2.05, 4.69) is 15.7 Å². The van der Waals surface area contributed by atoms with Crippen molar-refractivity contribution in [2.24, 2.45) is 7.05 Å². The van der Waals surface area contributed by atoms with Crippen LogP contribution in [0.1, 0.15) is 36.2 Å². The molecule has 30 heavy (non-hydrogen) atoms. The van der Waals surface area contributed by atoms with Gasteiger partial charge in [0, 0.05) is 12.7 Å². The summed E-state index contributed by atoms with van der Waals surface area (Å²) in [4.78, 5) is 38.8. The summed E-state index contributed by atoms with van der Waals surface area (Å²) in [6.45, 7) is 6.48. The molecule has 2 rings (SSSR count). The molecular formula is C21H29N5O4. The molecule has 0 bridgehead atoms. The zero-order valence-corrected chi connectivity index (χ0v) is 17.9. The average Bonchev–Trinajstić information content (AvgIpc) is 3.04. The van der Waals surface area contributed by atoms with E-state index in [0.717, 1.165) is 17.7 Å². The lowest BCUT2D eigenvalue weighted by atomic mass is 10.2. The summed E-state index contributed by atoms with van der Waals surface area (Å²) in [5.41, 5.74) is 1.90. The smallest absolute Gasteiger partial charge is 0.343 e. The van der Waals surface area contributed by atoms with E-state index in [-0.39, 0.29) is 42.9 Å². The predicted molar refractivity (Wildman–Crippen MR) is 114 cm³/mol. The number of rotatable bonds is 10. The maximum absolute atomic E-state index is 12.6. The van der Waals surface area contributed by atoms with E-state index in [1.54, 1.807) is 18.9 Å². The zero-order chi connectivity index (χ0) is 22.1. The molecule has 2 N–H and O–H groups in total. The predicted octanol–water partition coefficient (Wildman–Crippen LogP) is 2.19. The topological polar surface area (TPSA) is 106 Å². The maximum atomic E-state index is 12.6. The van der Waals surface area contributed by atoms with Crippen LogP contribution < -0.4 is 10.6 Å². The Bertz CT molecular complexity index is 893. The van der Waals surface area contributed by atoms with Crippen LogP contribution in [0.3, 0.4) is 0 Å². The van der Waals surface area contributed by atoms with Crippen molar-refractivity contribution in [3.05, 3.63) is 41.6 Å². The number of carbonyl (C=O) groups is 3.